The molecule has 1 aromatic rings. The number of amides is 1. The van der Waals surface area contributed by atoms with E-state index in [4.69, 9.17) is 0 Å². The summed E-state index contributed by atoms with van der Waals surface area (Å²) in [7, 11) is -3.09. The highest BCUT2D eigenvalue weighted by atomic mass is 32.2. The van der Waals surface area contributed by atoms with Crippen LogP contribution in [-0.4, -0.2) is 50.3 Å². The van der Waals surface area contributed by atoms with Crippen LogP contribution in [0.15, 0.2) is 29.2 Å². The van der Waals surface area contributed by atoms with Crippen LogP contribution in [0.2, 0.25) is 0 Å². The number of rotatable bonds is 6. The maximum absolute atomic E-state index is 12.4. The molecule has 1 aliphatic rings. The minimum atomic E-state index is -3.09. The molecule has 0 radical (unpaired) electrons. The standard InChI is InChI=1S/C16H24N2O3S2/c1-3-22-15-7-5-4-6-14(15)16(19)17-12-13-8-10-18(11-9-13)23(2,20)21/h4-7,13H,3,8-12H2,1-2H3,(H,17,19). The minimum Gasteiger partial charge on any atom is -0.352 e. The van der Waals surface area contributed by atoms with E-state index in [-0.39, 0.29) is 5.91 Å². The van der Waals surface area contributed by atoms with E-state index in [1.54, 1.807) is 11.8 Å². The van der Waals surface area contributed by atoms with Crippen LogP contribution in [0.3, 0.4) is 0 Å². The summed E-state index contributed by atoms with van der Waals surface area (Å²) in [5.41, 5.74) is 0.716. The highest BCUT2D eigenvalue weighted by Gasteiger charge is 2.25. The summed E-state index contributed by atoms with van der Waals surface area (Å²) >= 11 is 1.66. The lowest BCUT2D eigenvalue weighted by molar-refractivity contribution is 0.0938. The average molecular weight is 357 g/mol. The van der Waals surface area contributed by atoms with E-state index >= 15 is 0 Å². The minimum absolute atomic E-state index is 0.0490. The second-order valence-electron chi connectivity index (χ2n) is 5.74. The summed E-state index contributed by atoms with van der Waals surface area (Å²) in [6, 6.07) is 7.63. The molecule has 1 saturated heterocycles. The summed E-state index contributed by atoms with van der Waals surface area (Å²) in [4.78, 5) is 13.4. The van der Waals surface area contributed by atoms with E-state index in [9.17, 15) is 13.2 Å². The molecule has 1 aliphatic heterocycles. The van der Waals surface area contributed by atoms with Gasteiger partial charge in [-0.1, -0.05) is 19.1 Å². The van der Waals surface area contributed by atoms with Crippen LogP contribution >= 0.6 is 11.8 Å². The van der Waals surface area contributed by atoms with Gasteiger partial charge in [0.1, 0.15) is 0 Å². The van der Waals surface area contributed by atoms with Crippen molar-refractivity contribution in [2.24, 2.45) is 5.92 Å². The average Bonchev–Trinajstić information content (AvgIpc) is 2.53. The maximum Gasteiger partial charge on any atom is 0.252 e. The summed E-state index contributed by atoms with van der Waals surface area (Å²) in [6.07, 6.45) is 2.83. The quantitative estimate of drug-likeness (QED) is 0.794. The first-order chi connectivity index (χ1) is 10.9. The first-order valence-electron chi connectivity index (χ1n) is 7.87. The van der Waals surface area contributed by atoms with Gasteiger partial charge in [0, 0.05) is 24.5 Å². The molecule has 1 fully saturated rings. The van der Waals surface area contributed by atoms with Crippen LogP contribution in [0.4, 0.5) is 0 Å². The Morgan fingerprint density at radius 1 is 1.30 bits per heavy atom. The normalized spacial score (nSPS) is 17.1. The molecular weight excluding hydrogens is 332 g/mol. The van der Waals surface area contributed by atoms with Crippen molar-refractivity contribution < 1.29 is 13.2 Å². The third kappa shape index (κ3) is 5.22. The fraction of sp³-hybridized carbons (Fsp3) is 0.562. The van der Waals surface area contributed by atoms with Crippen molar-refractivity contribution in [1.29, 1.82) is 0 Å². The number of sulfonamides is 1. The zero-order chi connectivity index (χ0) is 16.9. The van der Waals surface area contributed by atoms with E-state index in [1.165, 1.54) is 10.6 Å². The van der Waals surface area contributed by atoms with Gasteiger partial charge < -0.3 is 5.32 Å². The molecule has 23 heavy (non-hydrogen) atoms. The molecular formula is C16H24N2O3S2. The van der Waals surface area contributed by atoms with Crippen LogP contribution in [0, 0.1) is 5.92 Å². The largest absolute Gasteiger partial charge is 0.352 e. The first-order valence-corrected chi connectivity index (χ1v) is 10.7. The number of nitrogens with zero attached hydrogens (tertiary/aromatic N) is 1. The Morgan fingerprint density at radius 3 is 2.57 bits per heavy atom. The van der Waals surface area contributed by atoms with Gasteiger partial charge in [-0.3, -0.25) is 4.79 Å². The molecule has 1 N–H and O–H groups in total. The third-order valence-corrected chi connectivity index (χ3v) is 6.28. The van der Waals surface area contributed by atoms with E-state index in [1.807, 2.05) is 24.3 Å². The summed E-state index contributed by atoms with van der Waals surface area (Å²) in [6.45, 7) is 3.75. The lowest BCUT2D eigenvalue weighted by Gasteiger charge is -2.30. The summed E-state index contributed by atoms with van der Waals surface area (Å²) in [5, 5.41) is 3.00. The monoisotopic (exact) mass is 356 g/mol. The Morgan fingerprint density at radius 2 is 1.96 bits per heavy atom. The third-order valence-electron chi connectivity index (χ3n) is 4.03. The van der Waals surface area contributed by atoms with Gasteiger partial charge >= 0.3 is 0 Å². The zero-order valence-electron chi connectivity index (χ0n) is 13.6. The number of piperidine rings is 1. The molecule has 0 atom stereocenters. The van der Waals surface area contributed by atoms with E-state index in [0.29, 0.717) is 31.1 Å². The number of carbonyl (C=O) groups is 1. The number of hydrogen-bond donors (Lipinski definition) is 1. The van der Waals surface area contributed by atoms with Gasteiger partial charge in [0.15, 0.2) is 0 Å². The van der Waals surface area contributed by atoms with Crippen molar-refractivity contribution in [1.82, 2.24) is 9.62 Å². The van der Waals surface area contributed by atoms with Crippen molar-refractivity contribution in [3.63, 3.8) is 0 Å². The van der Waals surface area contributed by atoms with E-state index in [0.717, 1.165) is 23.5 Å². The molecule has 7 heteroatoms. The molecule has 128 valence electrons. The Labute approximate surface area is 142 Å². The Bertz CT molecular complexity index is 638. The van der Waals surface area contributed by atoms with Crippen molar-refractivity contribution in [3.8, 4) is 0 Å². The summed E-state index contributed by atoms with van der Waals surface area (Å²) in [5.74, 6) is 1.21. The highest BCUT2D eigenvalue weighted by molar-refractivity contribution is 7.99. The molecule has 0 aromatic heterocycles. The summed E-state index contributed by atoms with van der Waals surface area (Å²) < 4.78 is 24.5. The fourth-order valence-corrected chi connectivity index (χ4v) is 4.39. The molecule has 1 amide bonds. The molecule has 0 aliphatic carbocycles. The smallest absolute Gasteiger partial charge is 0.252 e. The van der Waals surface area contributed by atoms with E-state index in [2.05, 4.69) is 12.2 Å². The predicted octanol–water partition coefficient (Wildman–Crippen LogP) is 2.20. The van der Waals surface area contributed by atoms with Crippen molar-refractivity contribution in [3.05, 3.63) is 29.8 Å². The van der Waals surface area contributed by atoms with Gasteiger partial charge in [-0.05, 0) is 36.6 Å². The first kappa shape index (κ1) is 18.3. The van der Waals surface area contributed by atoms with Crippen molar-refractivity contribution in [2.75, 3.05) is 31.6 Å². The van der Waals surface area contributed by atoms with Gasteiger partial charge in [0.05, 0.1) is 11.8 Å². The predicted molar refractivity (Wildman–Crippen MR) is 94.3 cm³/mol. The Kier molecular flexibility index (Phi) is 6.50. The van der Waals surface area contributed by atoms with E-state index < -0.39 is 10.0 Å². The topological polar surface area (TPSA) is 66.5 Å². The van der Waals surface area contributed by atoms with Crippen LogP contribution in [0.5, 0.6) is 0 Å². The van der Waals surface area contributed by atoms with Crippen LogP contribution in [-0.2, 0) is 10.0 Å². The van der Waals surface area contributed by atoms with Crippen molar-refractivity contribution in [2.45, 2.75) is 24.7 Å². The maximum atomic E-state index is 12.4. The van der Waals surface area contributed by atoms with Gasteiger partial charge in [-0.2, -0.15) is 0 Å². The van der Waals surface area contributed by atoms with Crippen LogP contribution < -0.4 is 5.32 Å². The molecule has 0 spiro atoms. The number of hydrogen-bond acceptors (Lipinski definition) is 4. The second-order valence-corrected chi connectivity index (χ2v) is 9.03. The van der Waals surface area contributed by atoms with Crippen molar-refractivity contribution >= 4 is 27.7 Å². The van der Waals surface area contributed by atoms with Crippen LogP contribution in [0.1, 0.15) is 30.1 Å². The zero-order valence-corrected chi connectivity index (χ0v) is 15.3. The molecule has 0 unspecified atom stereocenters. The molecule has 0 saturated carbocycles. The lowest BCUT2D eigenvalue weighted by Crippen LogP contribution is -2.41. The number of benzene rings is 1. The fourth-order valence-electron chi connectivity index (χ4n) is 2.71. The number of carbonyl (C=O) groups excluding carboxylic acids is 1. The van der Waals surface area contributed by atoms with Gasteiger partial charge in [-0.15, -0.1) is 11.8 Å². The SMILES string of the molecule is CCSc1ccccc1C(=O)NCC1CCN(S(C)(=O)=O)CC1. The molecule has 1 aromatic carbocycles. The highest BCUT2D eigenvalue weighted by Crippen LogP contribution is 2.23. The molecule has 1 heterocycles. The van der Waals surface area contributed by atoms with Crippen LogP contribution in [0.25, 0.3) is 0 Å². The Hall–Kier alpha value is -1.05. The number of nitrogens with one attached hydrogen (secondary N) is 1. The molecule has 2 rings (SSSR count). The second kappa shape index (κ2) is 8.17. The Balaban J connectivity index is 1.86. The lowest BCUT2D eigenvalue weighted by atomic mass is 9.98. The molecule has 0 bridgehead atoms. The molecule has 5 nitrogen and oxygen atoms in total. The van der Waals surface area contributed by atoms with Gasteiger partial charge in [0.25, 0.3) is 5.91 Å². The van der Waals surface area contributed by atoms with Gasteiger partial charge in [0.2, 0.25) is 10.0 Å². The van der Waals surface area contributed by atoms with Gasteiger partial charge in [-0.25, -0.2) is 12.7 Å². The number of thioether (sulfide) groups is 1.